The van der Waals surface area contributed by atoms with Crippen LogP contribution in [0.3, 0.4) is 0 Å². The molecule has 2 heterocycles. The summed E-state index contributed by atoms with van der Waals surface area (Å²) < 4.78 is 26.9. The van der Waals surface area contributed by atoms with Crippen molar-refractivity contribution in [2.24, 2.45) is 0 Å². The number of anilines is 1. The van der Waals surface area contributed by atoms with Crippen LogP contribution in [-0.2, 0) is 10.0 Å². The topological polar surface area (TPSA) is 82.3 Å². The third-order valence-electron chi connectivity index (χ3n) is 4.34. The summed E-state index contributed by atoms with van der Waals surface area (Å²) in [6, 6.07) is 9.02. The van der Waals surface area contributed by atoms with Crippen LogP contribution in [0.5, 0.6) is 0 Å². The molecule has 1 aromatic carbocycles. The second-order valence-electron chi connectivity index (χ2n) is 6.46. The molecule has 0 unspecified atom stereocenters. The Bertz CT molecular complexity index is 885. The summed E-state index contributed by atoms with van der Waals surface area (Å²) >= 11 is 1.75. The first-order valence-electron chi connectivity index (χ1n) is 8.56. The Kier molecular flexibility index (Phi) is 5.74. The van der Waals surface area contributed by atoms with Crippen LogP contribution in [0, 0.1) is 0 Å². The molecule has 140 valence electrons. The third kappa shape index (κ3) is 3.97. The summed E-state index contributed by atoms with van der Waals surface area (Å²) in [5.74, 6) is 1.50. The summed E-state index contributed by atoms with van der Waals surface area (Å²) in [5.41, 5.74) is 2.00. The van der Waals surface area contributed by atoms with Crippen LogP contribution >= 0.6 is 11.8 Å². The van der Waals surface area contributed by atoms with Crippen molar-refractivity contribution in [3.63, 3.8) is 0 Å². The normalized spacial score (nSPS) is 16.0. The minimum absolute atomic E-state index is 0.131. The number of nitrogens with one attached hydrogen (secondary N) is 2. The van der Waals surface area contributed by atoms with Crippen molar-refractivity contribution in [1.29, 1.82) is 0 Å². The molecule has 1 aliphatic heterocycles. The maximum atomic E-state index is 12.7. The molecule has 0 saturated carbocycles. The van der Waals surface area contributed by atoms with Gasteiger partial charge in [0.25, 0.3) is 5.91 Å². The van der Waals surface area contributed by atoms with Crippen LogP contribution in [0.4, 0.5) is 5.69 Å². The highest BCUT2D eigenvalue weighted by Crippen LogP contribution is 2.25. The molecule has 6 nitrogen and oxygen atoms in total. The van der Waals surface area contributed by atoms with Gasteiger partial charge in [-0.2, -0.15) is 16.1 Å². The van der Waals surface area contributed by atoms with E-state index in [2.05, 4.69) is 24.1 Å². The van der Waals surface area contributed by atoms with Gasteiger partial charge in [-0.15, -0.1) is 0 Å². The molecule has 1 saturated heterocycles. The molecular weight excluding hydrogens is 370 g/mol. The van der Waals surface area contributed by atoms with Crippen molar-refractivity contribution < 1.29 is 13.2 Å². The van der Waals surface area contributed by atoms with Gasteiger partial charge in [0.05, 0.1) is 0 Å². The molecule has 1 aliphatic rings. The molecule has 8 heteroatoms. The number of rotatable bonds is 5. The number of thioether (sulfide) groups is 1. The Balaban J connectivity index is 1.78. The summed E-state index contributed by atoms with van der Waals surface area (Å²) in [5, 5.41) is 2.87. The van der Waals surface area contributed by atoms with E-state index in [1.807, 2.05) is 24.3 Å². The molecular formula is C18H23N3O3S2. The third-order valence-corrected chi connectivity index (χ3v) is 7.16. The molecule has 1 aromatic heterocycles. The molecule has 0 spiro atoms. The van der Waals surface area contributed by atoms with E-state index in [0.717, 1.165) is 22.8 Å². The van der Waals surface area contributed by atoms with Crippen molar-refractivity contribution in [2.45, 2.75) is 24.7 Å². The van der Waals surface area contributed by atoms with Gasteiger partial charge in [0.15, 0.2) is 0 Å². The Morgan fingerprint density at radius 2 is 1.92 bits per heavy atom. The van der Waals surface area contributed by atoms with Crippen molar-refractivity contribution >= 4 is 33.4 Å². The predicted molar refractivity (Wildman–Crippen MR) is 105 cm³/mol. The van der Waals surface area contributed by atoms with Gasteiger partial charge in [-0.3, -0.25) is 4.79 Å². The lowest BCUT2D eigenvalue weighted by atomic mass is 10.0. The second-order valence-corrected chi connectivity index (χ2v) is 9.62. The molecule has 0 aliphatic carbocycles. The minimum Gasteiger partial charge on any atom is -0.356 e. The smallest absolute Gasteiger partial charge is 0.272 e. The van der Waals surface area contributed by atoms with Crippen LogP contribution in [0.25, 0.3) is 0 Å². The zero-order valence-electron chi connectivity index (χ0n) is 14.9. The van der Waals surface area contributed by atoms with Crippen LogP contribution in [0.15, 0.2) is 41.4 Å². The average Bonchev–Trinajstić information content (AvgIpc) is 3.14. The maximum Gasteiger partial charge on any atom is 0.272 e. The summed E-state index contributed by atoms with van der Waals surface area (Å²) in [4.78, 5) is 15.5. The van der Waals surface area contributed by atoms with Gasteiger partial charge in [0, 0.05) is 36.5 Å². The lowest BCUT2D eigenvalue weighted by Gasteiger charge is -2.24. The van der Waals surface area contributed by atoms with Gasteiger partial charge in [-0.1, -0.05) is 32.0 Å². The number of H-pyrrole nitrogens is 1. The van der Waals surface area contributed by atoms with Crippen LogP contribution in [-0.4, -0.2) is 48.2 Å². The number of sulfonamides is 1. The van der Waals surface area contributed by atoms with Gasteiger partial charge in [-0.05, 0) is 23.6 Å². The fourth-order valence-electron chi connectivity index (χ4n) is 2.89. The van der Waals surface area contributed by atoms with E-state index in [1.165, 1.54) is 16.6 Å². The fourth-order valence-corrected chi connectivity index (χ4v) is 5.46. The Hall–Kier alpha value is -1.77. The largest absolute Gasteiger partial charge is 0.356 e. The Morgan fingerprint density at radius 3 is 2.62 bits per heavy atom. The minimum atomic E-state index is -3.56. The molecule has 0 radical (unpaired) electrons. The average molecular weight is 394 g/mol. The number of para-hydroxylation sites is 1. The number of carbonyl (C=O) groups is 1. The van der Waals surface area contributed by atoms with Crippen molar-refractivity contribution in [3.8, 4) is 0 Å². The number of carbonyl (C=O) groups excluding carboxylic acids is 1. The molecule has 0 atom stereocenters. The molecule has 2 N–H and O–H groups in total. The standard InChI is InChI=1S/C18H23N3O3S2/c1-13(2)15-5-3-4-6-16(15)20-18(22)17-11-14(12-19-17)26(23,24)21-7-9-25-10-8-21/h3-6,11-13,19H,7-10H2,1-2H3,(H,20,22). The van der Waals surface area contributed by atoms with E-state index in [9.17, 15) is 13.2 Å². The maximum absolute atomic E-state index is 12.7. The number of nitrogens with zero attached hydrogens (tertiary/aromatic N) is 1. The molecule has 2 aromatic rings. The van der Waals surface area contributed by atoms with E-state index in [-0.39, 0.29) is 22.4 Å². The SMILES string of the molecule is CC(C)c1ccccc1NC(=O)c1cc(S(=O)(=O)N2CCSCC2)c[nH]1. The highest BCUT2D eigenvalue weighted by Gasteiger charge is 2.27. The summed E-state index contributed by atoms with van der Waals surface area (Å²) in [6.07, 6.45) is 1.39. The molecule has 0 bridgehead atoms. The molecule has 3 rings (SSSR count). The quantitative estimate of drug-likeness (QED) is 0.818. The van der Waals surface area contributed by atoms with Gasteiger partial charge in [0.2, 0.25) is 10.0 Å². The molecule has 26 heavy (non-hydrogen) atoms. The number of benzene rings is 1. The van der Waals surface area contributed by atoms with E-state index >= 15 is 0 Å². The zero-order valence-corrected chi connectivity index (χ0v) is 16.5. The lowest BCUT2D eigenvalue weighted by molar-refractivity contribution is 0.102. The van der Waals surface area contributed by atoms with E-state index in [0.29, 0.717) is 13.1 Å². The predicted octanol–water partition coefficient (Wildman–Crippen LogP) is 3.13. The van der Waals surface area contributed by atoms with Crippen molar-refractivity contribution in [1.82, 2.24) is 9.29 Å². The summed E-state index contributed by atoms with van der Waals surface area (Å²) in [7, 11) is -3.56. The molecule has 1 amide bonds. The highest BCUT2D eigenvalue weighted by atomic mass is 32.2. The first kappa shape index (κ1) is 19.0. The number of hydrogen-bond donors (Lipinski definition) is 2. The fraction of sp³-hybridized carbons (Fsp3) is 0.389. The first-order chi connectivity index (χ1) is 12.4. The van der Waals surface area contributed by atoms with E-state index in [1.54, 1.807) is 11.8 Å². The molecule has 1 fully saturated rings. The number of amides is 1. The number of aromatic amines is 1. The van der Waals surface area contributed by atoms with Crippen molar-refractivity contribution in [2.75, 3.05) is 29.9 Å². The van der Waals surface area contributed by atoms with E-state index < -0.39 is 10.0 Å². The van der Waals surface area contributed by atoms with Crippen LogP contribution < -0.4 is 5.32 Å². The number of aromatic nitrogens is 1. The van der Waals surface area contributed by atoms with Crippen molar-refractivity contribution in [3.05, 3.63) is 47.8 Å². The van der Waals surface area contributed by atoms with Gasteiger partial charge < -0.3 is 10.3 Å². The van der Waals surface area contributed by atoms with E-state index in [4.69, 9.17) is 0 Å². The van der Waals surface area contributed by atoms with Gasteiger partial charge in [0.1, 0.15) is 10.6 Å². The first-order valence-corrected chi connectivity index (χ1v) is 11.2. The lowest BCUT2D eigenvalue weighted by Crippen LogP contribution is -2.37. The van der Waals surface area contributed by atoms with Crippen LogP contribution in [0.2, 0.25) is 0 Å². The Labute approximate surface area is 158 Å². The van der Waals surface area contributed by atoms with Gasteiger partial charge >= 0.3 is 0 Å². The monoisotopic (exact) mass is 393 g/mol. The summed E-state index contributed by atoms with van der Waals surface area (Å²) in [6.45, 7) is 5.12. The number of hydrogen-bond acceptors (Lipinski definition) is 4. The van der Waals surface area contributed by atoms with Gasteiger partial charge in [-0.25, -0.2) is 8.42 Å². The van der Waals surface area contributed by atoms with Crippen LogP contribution in [0.1, 0.15) is 35.8 Å². The second kappa shape index (κ2) is 7.85. The highest BCUT2D eigenvalue weighted by molar-refractivity contribution is 7.99. The zero-order chi connectivity index (χ0) is 18.7. The Morgan fingerprint density at radius 1 is 1.23 bits per heavy atom.